The van der Waals surface area contributed by atoms with E-state index in [0.29, 0.717) is 0 Å². The van der Waals surface area contributed by atoms with Crippen molar-refractivity contribution in [2.75, 3.05) is 20.7 Å². The summed E-state index contributed by atoms with van der Waals surface area (Å²) in [5, 5.41) is 2.36. The van der Waals surface area contributed by atoms with E-state index in [1.54, 1.807) is 6.08 Å². The first-order valence-corrected chi connectivity index (χ1v) is 5.43. The topological polar surface area (TPSA) is 90.6 Å². The molecule has 6 heteroatoms. The Kier molecular flexibility index (Phi) is 16.3. The van der Waals surface area contributed by atoms with Crippen molar-refractivity contribution in [3.05, 3.63) is 12.7 Å². The minimum absolute atomic E-state index is 0.0312. The van der Waals surface area contributed by atoms with Gasteiger partial charge in [0, 0.05) is 7.05 Å². The van der Waals surface area contributed by atoms with Gasteiger partial charge < -0.3 is 20.5 Å². The molecule has 0 fully saturated rings. The maximum atomic E-state index is 10.5. The first-order chi connectivity index (χ1) is 8.18. The molecule has 0 saturated heterocycles. The summed E-state index contributed by atoms with van der Waals surface area (Å²) in [7, 11) is 2.84. The molecule has 0 atom stereocenters. The zero-order valence-corrected chi connectivity index (χ0v) is 12.2. The van der Waals surface area contributed by atoms with E-state index < -0.39 is 0 Å². The first-order valence-electron chi connectivity index (χ1n) is 5.43. The van der Waals surface area contributed by atoms with E-state index in [2.05, 4.69) is 16.6 Å². The van der Waals surface area contributed by atoms with E-state index >= 15 is 0 Å². The third-order valence-electron chi connectivity index (χ3n) is 0.997. The van der Waals surface area contributed by atoms with Crippen molar-refractivity contribution in [2.45, 2.75) is 33.3 Å². The lowest BCUT2D eigenvalue weighted by Crippen LogP contribution is -2.30. The molecule has 0 radical (unpaired) electrons. The van der Waals surface area contributed by atoms with Gasteiger partial charge in [-0.2, -0.15) is 0 Å². The number of esters is 1. The van der Waals surface area contributed by atoms with Gasteiger partial charge in [-0.1, -0.05) is 6.08 Å². The molecule has 0 unspecified atom stereocenters. The summed E-state index contributed by atoms with van der Waals surface area (Å²) in [6.07, 6.45) is 1.36. The molecule has 18 heavy (non-hydrogen) atoms. The molecule has 0 aliphatic carbocycles. The smallest absolute Gasteiger partial charge is 0.407 e. The highest BCUT2D eigenvalue weighted by Crippen LogP contribution is 2.05. The summed E-state index contributed by atoms with van der Waals surface area (Å²) in [4.78, 5) is 20.3. The zero-order chi connectivity index (χ0) is 15.2. The Balaban J connectivity index is -0.000000216. The molecular weight excluding hydrogens is 236 g/mol. The van der Waals surface area contributed by atoms with Gasteiger partial charge in [0.2, 0.25) is 0 Å². The number of alkyl carbamates (subject to hydrolysis) is 1. The number of carbonyl (C=O) groups excluding carboxylic acids is 2. The summed E-state index contributed by atoms with van der Waals surface area (Å²) >= 11 is 0. The van der Waals surface area contributed by atoms with Crippen LogP contribution in [0.15, 0.2) is 12.7 Å². The predicted molar refractivity (Wildman–Crippen MR) is 72.2 cm³/mol. The van der Waals surface area contributed by atoms with Crippen molar-refractivity contribution < 1.29 is 19.1 Å². The quantitative estimate of drug-likeness (QED) is 0.551. The third-order valence-corrected chi connectivity index (χ3v) is 0.997. The van der Waals surface area contributed by atoms with Gasteiger partial charge in [0.15, 0.2) is 0 Å². The van der Waals surface area contributed by atoms with Crippen LogP contribution in [0.2, 0.25) is 0 Å². The Morgan fingerprint density at radius 3 is 1.83 bits per heavy atom. The van der Waals surface area contributed by atoms with E-state index in [-0.39, 0.29) is 24.2 Å². The largest absolute Gasteiger partial charge is 0.468 e. The van der Waals surface area contributed by atoms with Crippen LogP contribution in [0.3, 0.4) is 0 Å². The van der Waals surface area contributed by atoms with Crippen molar-refractivity contribution >= 4 is 12.1 Å². The van der Waals surface area contributed by atoms with Crippen LogP contribution in [-0.2, 0) is 14.3 Å². The van der Waals surface area contributed by atoms with Crippen molar-refractivity contribution in [1.82, 2.24) is 5.32 Å². The van der Waals surface area contributed by atoms with Crippen molar-refractivity contribution in [3.8, 4) is 0 Å². The number of rotatable bonds is 1. The molecule has 1 amide bonds. The molecule has 0 aliphatic rings. The van der Waals surface area contributed by atoms with Crippen LogP contribution >= 0.6 is 0 Å². The van der Waals surface area contributed by atoms with Crippen LogP contribution in [0.1, 0.15) is 27.7 Å². The highest BCUT2D eigenvalue weighted by Gasteiger charge is 2.13. The van der Waals surface area contributed by atoms with Crippen molar-refractivity contribution in [2.24, 2.45) is 5.73 Å². The maximum absolute atomic E-state index is 10.5. The molecule has 0 aromatic rings. The monoisotopic (exact) mass is 262 g/mol. The number of nitrogens with one attached hydrogen (secondary N) is 1. The second-order valence-corrected chi connectivity index (χ2v) is 3.94. The van der Waals surface area contributed by atoms with Gasteiger partial charge in [-0.25, -0.2) is 4.79 Å². The zero-order valence-electron chi connectivity index (χ0n) is 12.2. The molecule has 0 bridgehead atoms. The van der Waals surface area contributed by atoms with E-state index in [1.807, 2.05) is 27.7 Å². The van der Waals surface area contributed by atoms with Gasteiger partial charge in [-0.15, -0.1) is 6.58 Å². The Labute approximate surface area is 110 Å². The number of allylic oxidation sites excluding steroid dienone is 1. The van der Waals surface area contributed by atoms with E-state index in [1.165, 1.54) is 14.2 Å². The Bertz CT molecular complexity index is 229. The summed E-state index contributed by atoms with van der Waals surface area (Å²) in [5.41, 5.74) is 4.42. The van der Waals surface area contributed by atoms with E-state index in [0.717, 1.165) is 0 Å². The average molecular weight is 262 g/mol. The fourth-order valence-electron chi connectivity index (χ4n) is 0.412. The second-order valence-electron chi connectivity index (χ2n) is 3.94. The second kappa shape index (κ2) is 13.5. The number of amides is 1. The van der Waals surface area contributed by atoms with Crippen LogP contribution in [0.4, 0.5) is 4.79 Å². The fourth-order valence-corrected chi connectivity index (χ4v) is 0.412. The molecular formula is C12H26N2O4. The molecule has 0 rings (SSSR count). The van der Waals surface area contributed by atoms with Crippen LogP contribution in [-0.4, -0.2) is 38.4 Å². The summed E-state index contributed by atoms with van der Waals surface area (Å²) in [6, 6.07) is 0. The van der Waals surface area contributed by atoms with Gasteiger partial charge in [-0.3, -0.25) is 4.79 Å². The third kappa shape index (κ3) is 29.3. The van der Waals surface area contributed by atoms with Crippen LogP contribution in [0, 0.1) is 0 Å². The molecule has 3 N–H and O–H groups in total. The number of carbonyl (C=O) groups is 2. The van der Waals surface area contributed by atoms with Crippen molar-refractivity contribution in [3.63, 3.8) is 0 Å². The minimum atomic E-state index is -0.389. The number of ether oxygens (including phenoxy) is 2. The molecule has 0 saturated carbocycles. The lowest BCUT2D eigenvalue weighted by molar-refractivity contribution is -0.138. The summed E-state index contributed by atoms with van der Waals surface area (Å²) in [6.45, 7) is 10.7. The highest BCUT2D eigenvalue weighted by atomic mass is 16.6. The molecule has 0 aromatic carbocycles. The summed E-state index contributed by atoms with van der Waals surface area (Å²) < 4.78 is 8.97. The lowest BCUT2D eigenvalue weighted by Gasteiger charge is -2.18. The molecule has 0 heterocycles. The Morgan fingerprint density at radius 1 is 1.39 bits per heavy atom. The fraction of sp³-hybridized carbons (Fsp3) is 0.667. The van der Waals surface area contributed by atoms with Gasteiger partial charge in [0.1, 0.15) is 5.60 Å². The number of hydrogen-bond donors (Lipinski definition) is 2. The molecule has 0 spiro atoms. The van der Waals surface area contributed by atoms with Crippen LogP contribution < -0.4 is 11.1 Å². The highest BCUT2D eigenvalue weighted by molar-refractivity contribution is 5.71. The molecule has 0 aliphatic heterocycles. The van der Waals surface area contributed by atoms with Crippen LogP contribution in [0.25, 0.3) is 0 Å². The molecule has 108 valence electrons. The number of hydrogen-bond acceptors (Lipinski definition) is 5. The van der Waals surface area contributed by atoms with Gasteiger partial charge in [-0.05, 0) is 27.7 Å². The average Bonchev–Trinajstić information content (AvgIpc) is 2.27. The SMILES string of the molecule is C=CC.CNC(=O)OC(C)(C)C.COC(=O)CN. The van der Waals surface area contributed by atoms with Crippen molar-refractivity contribution in [1.29, 1.82) is 0 Å². The normalized spacial score (nSPS) is 8.61. The van der Waals surface area contributed by atoms with Gasteiger partial charge in [0.25, 0.3) is 0 Å². The number of nitrogens with two attached hydrogens (primary N) is 1. The van der Waals surface area contributed by atoms with Gasteiger partial charge >= 0.3 is 12.1 Å². The van der Waals surface area contributed by atoms with E-state index in [4.69, 9.17) is 10.5 Å². The van der Waals surface area contributed by atoms with Gasteiger partial charge in [0.05, 0.1) is 13.7 Å². The van der Waals surface area contributed by atoms with Crippen LogP contribution in [0.5, 0.6) is 0 Å². The molecule has 0 aromatic heterocycles. The van der Waals surface area contributed by atoms with E-state index in [9.17, 15) is 9.59 Å². The first kappa shape index (κ1) is 21.7. The maximum Gasteiger partial charge on any atom is 0.407 e. The standard InChI is InChI=1S/C6H13NO2.C3H7NO2.C3H6/c1-6(2,3)9-5(8)7-4;1-6-3(5)2-4;1-3-2/h1-4H3,(H,7,8);2,4H2,1H3;3H,1H2,2H3. The Morgan fingerprint density at radius 2 is 1.78 bits per heavy atom. The minimum Gasteiger partial charge on any atom is -0.468 e. The Hall–Kier alpha value is -1.56. The number of methoxy groups -OCH3 is 1. The lowest BCUT2D eigenvalue weighted by atomic mass is 10.2. The summed E-state index contributed by atoms with van der Waals surface area (Å²) in [5.74, 6) is -0.380. The molecule has 6 nitrogen and oxygen atoms in total. The predicted octanol–water partition coefficient (Wildman–Crippen LogP) is 1.45.